The van der Waals surface area contributed by atoms with E-state index in [1.165, 1.54) is 24.3 Å². The molecule has 0 bridgehead atoms. The number of aryl methyl sites for hydroxylation is 1. The molecule has 144 valence electrons. The Labute approximate surface area is 160 Å². The van der Waals surface area contributed by atoms with Crippen LogP contribution in [-0.4, -0.2) is 22.5 Å². The molecule has 0 atom stereocenters. The second-order valence-electron chi connectivity index (χ2n) is 6.04. The number of nitro benzene ring substituents is 1. The highest BCUT2D eigenvalue weighted by atomic mass is 16.6. The maximum absolute atomic E-state index is 12.1. The lowest BCUT2D eigenvalue weighted by atomic mass is 10.1. The summed E-state index contributed by atoms with van der Waals surface area (Å²) in [6, 6.07) is 14.4. The lowest BCUT2D eigenvalue weighted by Crippen LogP contribution is -2.20. The van der Waals surface area contributed by atoms with Crippen molar-refractivity contribution < 1.29 is 24.0 Å². The number of anilines is 1. The number of benzene rings is 2. The van der Waals surface area contributed by atoms with Crippen LogP contribution in [0.5, 0.6) is 5.75 Å². The van der Waals surface area contributed by atoms with E-state index in [0.29, 0.717) is 23.0 Å². The van der Waals surface area contributed by atoms with Gasteiger partial charge in [0.2, 0.25) is 0 Å². The summed E-state index contributed by atoms with van der Waals surface area (Å²) in [6.07, 6.45) is 0. The van der Waals surface area contributed by atoms with E-state index in [9.17, 15) is 14.9 Å². The van der Waals surface area contributed by atoms with Crippen LogP contribution in [0.2, 0.25) is 0 Å². The predicted octanol–water partition coefficient (Wildman–Crippen LogP) is 3.67. The van der Waals surface area contributed by atoms with Gasteiger partial charge in [-0.1, -0.05) is 0 Å². The van der Waals surface area contributed by atoms with Crippen LogP contribution in [0.1, 0.15) is 11.3 Å². The van der Waals surface area contributed by atoms with Crippen LogP contribution >= 0.6 is 0 Å². The Kier molecular flexibility index (Phi) is 5.71. The van der Waals surface area contributed by atoms with Crippen molar-refractivity contribution in [2.24, 2.45) is 0 Å². The summed E-state index contributed by atoms with van der Waals surface area (Å²) >= 11 is 0. The number of nitro groups is 1. The average Bonchev–Trinajstić information content (AvgIpc) is 3.16. The normalized spacial score (nSPS) is 10.5. The van der Waals surface area contributed by atoms with Gasteiger partial charge in [0.05, 0.1) is 4.92 Å². The zero-order valence-corrected chi connectivity index (χ0v) is 15.0. The molecule has 1 heterocycles. The molecular weight excluding hydrogens is 364 g/mol. The molecule has 0 aliphatic heterocycles. The minimum absolute atomic E-state index is 0.0463. The molecule has 3 rings (SSSR count). The van der Waals surface area contributed by atoms with Crippen LogP contribution in [0.3, 0.4) is 0 Å². The lowest BCUT2D eigenvalue weighted by Gasteiger charge is -2.10. The van der Waals surface area contributed by atoms with Crippen LogP contribution in [0.25, 0.3) is 11.3 Å². The number of aliphatic hydroxyl groups is 1. The fourth-order valence-electron chi connectivity index (χ4n) is 2.64. The van der Waals surface area contributed by atoms with Crippen LogP contribution in [-0.2, 0) is 11.4 Å². The van der Waals surface area contributed by atoms with Crippen molar-refractivity contribution in [1.82, 2.24) is 0 Å². The minimum Gasteiger partial charge on any atom is -0.484 e. The van der Waals surface area contributed by atoms with E-state index in [1.807, 2.05) is 13.0 Å². The number of hydrogen-bond acceptors (Lipinski definition) is 6. The van der Waals surface area contributed by atoms with E-state index < -0.39 is 4.92 Å². The molecule has 0 unspecified atom stereocenters. The molecule has 8 heteroatoms. The van der Waals surface area contributed by atoms with Gasteiger partial charge in [0.1, 0.15) is 23.9 Å². The Balaban J connectivity index is 1.59. The van der Waals surface area contributed by atoms with E-state index >= 15 is 0 Å². The van der Waals surface area contributed by atoms with Crippen molar-refractivity contribution in [1.29, 1.82) is 0 Å². The van der Waals surface area contributed by atoms with E-state index in [2.05, 4.69) is 5.32 Å². The Morgan fingerprint density at radius 1 is 1.18 bits per heavy atom. The van der Waals surface area contributed by atoms with Gasteiger partial charge < -0.3 is 19.6 Å². The number of non-ortho nitro benzene ring substituents is 1. The third kappa shape index (κ3) is 4.54. The monoisotopic (exact) mass is 382 g/mol. The van der Waals surface area contributed by atoms with Crippen molar-refractivity contribution in [3.8, 4) is 17.1 Å². The quantitative estimate of drug-likeness (QED) is 0.476. The largest absolute Gasteiger partial charge is 0.484 e. The van der Waals surface area contributed by atoms with Gasteiger partial charge in [-0.05, 0) is 55.0 Å². The minimum atomic E-state index is -0.504. The van der Waals surface area contributed by atoms with Crippen molar-refractivity contribution >= 4 is 17.3 Å². The topological polar surface area (TPSA) is 115 Å². The molecule has 1 aromatic heterocycles. The number of aliphatic hydroxyl groups excluding tert-OH is 1. The van der Waals surface area contributed by atoms with E-state index in [1.54, 1.807) is 24.3 Å². The van der Waals surface area contributed by atoms with Crippen LogP contribution in [0, 0.1) is 17.0 Å². The van der Waals surface area contributed by atoms with Gasteiger partial charge in [-0.2, -0.15) is 0 Å². The van der Waals surface area contributed by atoms with Crippen molar-refractivity contribution in [3.63, 3.8) is 0 Å². The summed E-state index contributed by atoms with van der Waals surface area (Å²) < 4.78 is 10.9. The van der Waals surface area contributed by atoms with Crippen LogP contribution < -0.4 is 10.1 Å². The van der Waals surface area contributed by atoms with E-state index in [0.717, 1.165) is 11.1 Å². The van der Waals surface area contributed by atoms with Gasteiger partial charge in [-0.3, -0.25) is 14.9 Å². The average molecular weight is 382 g/mol. The number of amides is 1. The molecule has 8 nitrogen and oxygen atoms in total. The molecule has 2 N–H and O–H groups in total. The van der Waals surface area contributed by atoms with E-state index in [-0.39, 0.29) is 24.8 Å². The number of carbonyl (C=O) groups is 1. The lowest BCUT2D eigenvalue weighted by molar-refractivity contribution is -0.384. The first-order valence-electron chi connectivity index (χ1n) is 8.44. The molecule has 0 aliphatic carbocycles. The van der Waals surface area contributed by atoms with Gasteiger partial charge in [0.15, 0.2) is 6.61 Å². The van der Waals surface area contributed by atoms with Gasteiger partial charge in [-0.15, -0.1) is 0 Å². The molecule has 2 aromatic carbocycles. The van der Waals surface area contributed by atoms with Crippen LogP contribution in [0.15, 0.2) is 59.0 Å². The molecule has 0 saturated heterocycles. The number of furan rings is 1. The first-order valence-corrected chi connectivity index (χ1v) is 8.44. The first-order chi connectivity index (χ1) is 13.5. The summed E-state index contributed by atoms with van der Waals surface area (Å²) in [4.78, 5) is 22.2. The fourth-order valence-corrected chi connectivity index (χ4v) is 2.64. The maximum Gasteiger partial charge on any atom is 0.269 e. The summed E-state index contributed by atoms with van der Waals surface area (Å²) in [5, 5.41) is 22.5. The maximum atomic E-state index is 12.1. The number of ether oxygens (including phenoxy) is 1. The molecule has 0 saturated carbocycles. The number of hydrogen-bond donors (Lipinski definition) is 2. The molecule has 3 aromatic rings. The van der Waals surface area contributed by atoms with Gasteiger partial charge in [0, 0.05) is 23.4 Å². The second-order valence-corrected chi connectivity index (χ2v) is 6.04. The van der Waals surface area contributed by atoms with Crippen molar-refractivity contribution in [2.45, 2.75) is 13.5 Å². The highest BCUT2D eigenvalue weighted by Gasteiger charge is 2.10. The highest BCUT2D eigenvalue weighted by Crippen LogP contribution is 2.28. The number of rotatable bonds is 7. The van der Waals surface area contributed by atoms with Crippen molar-refractivity contribution in [2.75, 3.05) is 11.9 Å². The zero-order chi connectivity index (χ0) is 20.1. The third-order valence-corrected chi connectivity index (χ3v) is 4.01. The first kappa shape index (κ1) is 19.1. The van der Waals surface area contributed by atoms with Gasteiger partial charge in [-0.25, -0.2) is 0 Å². The fraction of sp³-hybridized carbons (Fsp3) is 0.150. The molecule has 28 heavy (non-hydrogen) atoms. The third-order valence-electron chi connectivity index (χ3n) is 4.01. The smallest absolute Gasteiger partial charge is 0.269 e. The summed E-state index contributed by atoms with van der Waals surface area (Å²) in [7, 11) is 0. The number of carbonyl (C=O) groups excluding carboxylic acids is 1. The van der Waals surface area contributed by atoms with Crippen LogP contribution in [0.4, 0.5) is 11.4 Å². The Bertz CT molecular complexity index is 994. The molecule has 1 amide bonds. The Morgan fingerprint density at radius 3 is 2.54 bits per heavy atom. The summed E-state index contributed by atoms with van der Waals surface area (Å²) in [6.45, 7) is 1.50. The summed E-state index contributed by atoms with van der Waals surface area (Å²) in [5.74, 6) is 1.13. The molecular formula is C20H18N2O6. The molecule has 0 radical (unpaired) electrons. The Hall–Kier alpha value is -3.65. The molecule has 0 fully saturated rings. The van der Waals surface area contributed by atoms with Gasteiger partial charge >= 0.3 is 0 Å². The van der Waals surface area contributed by atoms with Gasteiger partial charge in [0.25, 0.3) is 11.6 Å². The number of nitrogens with one attached hydrogen (secondary N) is 1. The second kappa shape index (κ2) is 8.36. The molecule has 0 spiro atoms. The van der Waals surface area contributed by atoms with E-state index in [4.69, 9.17) is 14.3 Å². The summed E-state index contributed by atoms with van der Waals surface area (Å²) in [5.41, 5.74) is 2.32. The standard InChI is InChI=1S/C20H18N2O6/c1-13-10-14(2-8-18(13)19-9-7-17(11-23)28-19)21-20(24)12-27-16-5-3-15(4-6-16)22(25)26/h2-10,23H,11-12H2,1H3,(H,21,24). The molecule has 0 aliphatic rings. The zero-order valence-electron chi connectivity index (χ0n) is 15.0. The SMILES string of the molecule is Cc1cc(NC(=O)COc2ccc([N+](=O)[O-])cc2)ccc1-c1ccc(CO)o1. The Morgan fingerprint density at radius 2 is 1.93 bits per heavy atom. The predicted molar refractivity (Wildman–Crippen MR) is 102 cm³/mol. The van der Waals surface area contributed by atoms with Crippen molar-refractivity contribution in [3.05, 3.63) is 76.0 Å². The highest BCUT2D eigenvalue weighted by molar-refractivity contribution is 5.92. The number of nitrogens with zero attached hydrogens (tertiary/aromatic N) is 1.